The van der Waals surface area contributed by atoms with Crippen LogP contribution in [0.15, 0.2) is 59.3 Å². The van der Waals surface area contributed by atoms with Gasteiger partial charge in [-0.05, 0) is 40.4 Å². The van der Waals surface area contributed by atoms with Gasteiger partial charge in [0.05, 0.1) is 10.5 Å². The SMILES string of the molecule is O=C(c1[nH]nc(-c2ccccc2)c1Br)N1CCC[C@@H]1c1cccnc1. The van der Waals surface area contributed by atoms with Crippen molar-refractivity contribution in [1.82, 2.24) is 20.1 Å². The van der Waals surface area contributed by atoms with Crippen LogP contribution >= 0.6 is 15.9 Å². The fourth-order valence-corrected chi connectivity index (χ4v) is 3.91. The highest BCUT2D eigenvalue weighted by Gasteiger charge is 2.33. The molecule has 1 aliphatic rings. The predicted octanol–water partition coefficient (Wildman–Crippen LogP) is 4.21. The molecule has 3 aromatic rings. The topological polar surface area (TPSA) is 61.9 Å². The third kappa shape index (κ3) is 2.98. The molecular weight excluding hydrogens is 380 g/mol. The molecule has 1 amide bonds. The van der Waals surface area contributed by atoms with Gasteiger partial charge in [-0.1, -0.05) is 36.4 Å². The van der Waals surface area contributed by atoms with Gasteiger partial charge in [-0.2, -0.15) is 5.10 Å². The number of amides is 1. The molecule has 2 aromatic heterocycles. The van der Waals surface area contributed by atoms with Crippen LogP contribution in [0.4, 0.5) is 0 Å². The highest BCUT2D eigenvalue weighted by atomic mass is 79.9. The van der Waals surface area contributed by atoms with Gasteiger partial charge in [-0.15, -0.1) is 0 Å². The molecule has 1 aromatic carbocycles. The zero-order valence-corrected chi connectivity index (χ0v) is 15.1. The fourth-order valence-electron chi connectivity index (χ4n) is 3.33. The number of halogens is 1. The molecule has 1 N–H and O–H groups in total. The maximum absolute atomic E-state index is 13.1. The Morgan fingerprint density at radius 3 is 2.80 bits per heavy atom. The van der Waals surface area contributed by atoms with E-state index in [0.717, 1.165) is 36.2 Å². The van der Waals surface area contributed by atoms with Crippen LogP contribution in [0.5, 0.6) is 0 Å². The molecule has 0 radical (unpaired) electrons. The van der Waals surface area contributed by atoms with Crippen molar-refractivity contribution in [3.63, 3.8) is 0 Å². The Balaban J connectivity index is 1.64. The first-order chi connectivity index (χ1) is 12.3. The number of rotatable bonds is 3. The number of benzene rings is 1. The monoisotopic (exact) mass is 396 g/mol. The van der Waals surface area contributed by atoms with Crippen LogP contribution in [0.25, 0.3) is 11.3 Å². The van der Waals surface area contributed by atoms with E-state index in [9.17, 15) is 4.79 Å². The standard InChI is InChI=1S/C19H17BrN4O/c20-16-17(13-6-2-1-3-7-13)22-23-18(16)19(25)24-11-5-9-15(24)14-8-4-10-21-12-14/h1-4,6-8,10,12,15H,5,9,11H2,(H,22,23)/t15-/m1/s1. The summed E-state index contributed by atoms with van der Waals surface area (Å²) in [6.07, 6.45) is 5.53. The van der Waals surface area contributed by atoms with Gasteiger partial charge in [0.1, 0.15) is 11.4 Å². The average Bonchev–Trinajstić information content (AvgIpc) is 3.29. The van der Waals surface area contributed by atoms with E-state index in [1.807, 2.05) is 53.6 Å². The van der Waals surface area contributed by atoms with Crippen molar-refractivity contribution >= 4 is 21.8 Å². The highest BCUT2D eigenvalue weighted by molar-refractivity contribution is 9.10. The maximum Gasteiger partial charge on any atom is 0.273 e. The lowest BCUT2D eigenvalue weighted by atomic mass is 10.1. The smallest absolute Gasteiger partial charge is 0.273 e. The number of aromatic nitrogens is 3. The largest absolute Gasteiger partial charge is 0.330 e. The summed E-state index contributed by atoms with van der Waals surface area (Å²) in [5.74, 6) is -0.0343. The van der Waals surface area contributed by atoms with Crippen molar-refractivity contribution < 1.29 is 4.79 Å². The van der Waals surface area contributed by atoms with E-state index in [4.69, 9.17) is 0 Å². The minimum absolute atomic E-state index is 0.0343. The quantitative estimate of drug-likeness (QED) is 0.720. The molecule has 1 fully saturated rings. The number of aromatic amines is 1. The summed E-state index contributed by atoms with van der Waals surface area (Å²) < 4.78 is 0.709. The van der Waals surface area contributed by atoms with Gasteiger partial charge in [-0.3, -0.25) is 14.9 Å². The van der Waals surface area contributed by atoms with Crippen molar-refractivity contribution in [1.29, 1.82) is 0 Å². The number of nitrogens with zero attached hydrogens (tertiary/aromatic N) is 3. The first-order valence-corrected chi connectivity index (χ1v) is 9.05. The summed E-state index contributed by atoms with van der Waals surface area (Å²) in [6.45, 7) is 0.741. The maximum atomic E-state index is 13.1. The molecule has 0 bridgehead atoms. The fraction of sp³-hybridized carbons (Fsp3) is 0.211. The van der Waals surface area contributed by atoms with E-state index in [0.29, 0.717) is 10.2 Å². The third-order valence-corrected chi connectivity index (χ3v) is 5.32. The Morgan fingerprint density at radius 2 is 2.04 bits per heavy atom. The first-order valence-electron chi connectivity index (χ1n) is 8.26. The minimum atomic E-state index is -0.0343. The number of carbonyl (C=O) groups excluding carboxylic acids is 1. The number of carbonyl (C=O) groups is 1. The van der Waals surface area contributed by atoms with Gasteiger partial charge in [0.15, 0.2) is 0 Å². The van der Waals surface area contributed by atoms with E-state index < -0.39 is 0 Å². The Hall–Kier alpha value is -2.47. The van der Waals surface area contributed by atoms with Gasteiger partial charge in [-0.25, -0.2) is 0 Å². The molecule has 1 saturated heterocycles. The molecule has 0 spiro atoms. The van der Waals surface area contributed by atoms with Gasteiger partial charge in [0.25, 0.3) is 5.91 Å². The van der Waals surface area contributed by atoms with Crippen LogP contribution in [-0.4, -0.2) is 32.5 Å². The van der Waals surface area contributed by atoms with E-state index in [1.165, 1.54) is 0 Å². The summed E-state index contributed by atoms with van der Waals surface area (Å²) in [6, 6.07) is 13.8. The van der Waals surface area contributed by atoms with Crippen molar-refractivity contribution in [2.45, 2.75) is 18.9 Å². The van der Waals surface area contributed by atoms with Crippen LogP contribution in [0.1, 0.15) is 34.9 Å². The molecule has 1 atom stereocenters. The van der Waals surface area contributed by atoms with E-state index in [1.54, 1.807) is 6.20 Å². The van der Waals surface area contributed by atoms with Crippen molar-refractivity contribution in [2.24, 2.45) is 0 Å². The molecule has 25 heavy (non-hydrogen) atoms. The Morgan fingerprint density at radius 1 is 1.20 bits per heavy atom. The second-order valence-corrected chi connectivity index (χ2v) is 6.86. The molecular formula is C19H17BrN4O. The summed E-state index contributed by atoms with van der Waals surface area (Å²) in [5, 5.41) is 7.26. The lowest BCUT2D eigenvalue weighted by Gasteiger charge is -2.24. The van der Waals surface area contributed by atoms with Crippen LogP contribution in [0, 0.1) is 0 Å². The summed E-state index contributed by atoms with van der Waals surface area (Å²) >= 11 is 3.56. The van der Waals surface area contributed by atoms with Gasteiger partial charge in [0.2, 0.25) is 0 Å². The lowest BCUT2D eigenvalue weighted by Crippen LogP contribution is -2.31. The number of H-pyrrole nitrogens is 1. The molecule has 0 saturated carbocycles. The summed E-state index contributed by atoms with van der Waals surface area (Å²) in [4.78, 5) is 19.2. The molecule has 3 heterocycles. The molecule has 5 nitrogen and oxygen atoms in total. The number of hydrogen-bond acceptors (Lipinski definition) is 3. The van der Waals surface area contributed by atoms with Gasteiger partial charge in [0, 0.05) is 24.5 Å². The predicted molar refractivity (Wildman–Crippen MR) is 99.0 cm³/mol. The van der Waals surface area contributed by atoms with Crippen LogP contribution in [0.2, 0.25) is 0 Å². The Kier molecular flexibility index (Phi) is 4.36. The van der Waals surface area contributed by atoms with Crippen molar-refractivity contribution in [3.8, 4) is 11.3 Å². The van der Waals surface area contributed by atoms with Crippen molar-refractivity contribution in [2.75, 3.05) is 6.54 Å². The summed E-state index contributed by atoms with van der Waals surface area (Å²) in [7, 11) is 0. The number of likely N-dealkylation sites (tertiary alicyclic amines) is 1. The number of nitrogens with one attached hydrogen (secondary N) is 1. The zero-order valence-electron chi connectivity index (χ0n) is 13.5. The number of pyridine rings is 1. The molecule has 1 aliphatic heterocycles. The normalized spacial score (nSPS) is 17.0. The van der Waals surface area contributed by atoms with E-state index in [-0.39, 0.29) is 11.9 Å². The minimum Gasteiger partial charge on any atom is -0.330 e. The van der Waals surface area contributed by atoms with Crippen molar-refractivity contribution in [3.05, 3.63) is 70.6 Å². The molecule has 0 aliphatic carbocycles. The lowest BCUT2D eigenvalue weighted by molar-refractivity contribution is 0.0728. The van der Waals surface area contributed by atoms with Crippen LogP contribution in [-0.2, 0) is 0 Å². The average molecular weight is 397 g/mol. The third-order valence-electron chi connectivity index (χ3n) is 4.55. The molecule has 0 unspecified atom stereocenters. The molecule has 4 rings (SSSR count). The van der Waals surface area contributed by atoms with Crippen LogP contribution < -0.4 is 0 Å². The molecule has 126 valence electrons. The first kappa shape index (κ1) is 16.0. The van der Waals surface area contributed by atoms with Crippen LogP contribution in [0.3, 0.4) is 0 Å². The van der Waals surface area contributed by atoms with Gasteiger partial charge < -0.3 is 4.90 Å². The second-order valence-electron chi connectivity index (χ2n) is 6.07. The van der Waals surface area contributed by atoms with E-state index >= 15 is 0 Å². The number of hydrogen-bond donors (Lipinski definition) is 1. The Bertz CT molecular complexity index is 879. The van der Waals surface area contributed by atoms with Gasteiger partial charge >= 0.3 is 0 Å². The Labute approximate surface area is 154 Å². The molecule has 6 heteroatoms. The zero-order chi connectivity index (χ0) is 17.2. The second kappa shape index (κ2) is 6.80. The highest BCUT2D eigenvalue weighted by Crippen LogP contribution is 2.35. The van der Waals surface area contributed by atoms with E-state index in [2.05, 4.69) is 31.1 Å². The summed E-state index contributed by atoms with van der Waals surface area (Å²) in [5.41, 5.74) is 3.29.